The summed E-state index contributed by atoms with van der Waals surface area (Å²) < 4.78 is 13.2. The minimum atomic E-state index is -0.511. The van der Waals surface area contributed by atoms with Gasteiger partial charge >= 0.3 is 0 Å². The van der Waals surface area contributed by atoms with Crippen LogP contribution >= 0.6 is 0 Å². The van der Waals surface area contributed by atoms with E-state index in [4.69, 9.17) is 0 Å². The van der Waals surface area contributed by atoms with Crippen LogP contribution < -0.4 is 0 Å². The second-order valence-corrected chi connectivity index (χ2v) is 4.90. The van der Waals surface area contributed by atoms with Gasteiger partial charge < -0.3 is 5.11 Å². The summed E-state index contributed by atoms with van der Waals surface area (Å²) in [5.41, 5.74) is 2.66. The lowest BCUT2D eigenvalue weighted by atomic mass is 10.00. The number of hydrogen-bond acceptors (Lipinski definition) is 1. The third-order valence-electron chi connectivity index (χ3n) is 3.35. The second kappa shape index (κ2) is 6.48. The largest absolute Gasteiger partial charge is 0.388 e. The molecule has 1 nitrogen and oxygen atoms in total. The van der Waals surface area contributed by atoms with Crippen LogP contribution in [0.3, 0.4) is 0 Å². The molecule has 2 aromatic carbocycles. The minimum Gasteiger partial charge on any atom is -0.388 e. The summed E-state index contributed by atoms with van der Waals surface area (Å²) in [5, 5.41) is 10.1. The molecule has 100 valence electrons. The Morgan fingerprint density at radius 2 is 1.84 bits per heavy atom. The predicted molar refractivity (Wildman–Crippen MR) is 75.5 cm³/mol. The topological polar surface area (TPSA) is 20.2 Å². The van der Waals surface area contributed by atoms with Crippen LogP contribution in [0.2, 0.25) is 0 Å². The highest BCUT2D eigenvalue weighted by atomic mass is 19.1. The summed E-state index contributed by atoms with van der Waals surface area (Å²) in [6.45, 7) is 1.72. The number of halogens is 1. The Morgan fingerprint density at radius 3 is 2.53 bits per heavy atom. The van der Waals surface area contributed by atoms with E-state index in [0.29, 0.717) is 12.0 Å². The Morgan fingerprint density at radius 1 is 1.11 bits per heavy atom. The third kappa shape index (κ3) is 3.90. The molecule has 0 bridgehead atoms. The van der Waals surface area contributed by atoms with Gasteiger partial charge in [0.15, 0.2) is 0 Å². The standard InChI is InChI=1S/C17H19FO/c1-13-12-15(10-11-16(13)18)17(19)9-5-8-14-6-3-2-4-7-14/h2-4,6-7,10-12,17,19H,5,8-9H2,1H3. The van der Waals surface area contributed by atoms with E-state index < -0.39 is 6.10 Å². The molecular formula is C17H19FO. The molecule has 1 N–H and O–H groups in total. The van der Waals surface area contributed by atoms with E-state index in [9.17, 15) is 9.50 Å². The SMILES string of the molecule is Cc1cc(C(O)CCCc2ccccc2)ccc1F. The molecule has 19 heavy (non-hydrogen) atoms. The van der Waals surface area contributed by atoms with Crippen LogP contribution in [-0.4, -0.2) is 5.11 Å². The molecule has 0 amide bonds. The number of aryl methyl sites for hydroxylation is 2. The Hall–Kier alpha value is -1.67. The Labute approximate surface area is 113 Å². The fraction of sp³-hybridized carbons (Fsp3) is 0.294. The number of hydrogen-bond donors (Lipinski definition) is 1. The monoisotopic (exact) mass is 258 g/mol. The van der Waals surface area contributed by atoms with Crippen LogP contribution in [-0.2, 0) is 6.42 Å². The normalized spacial score (nSPS) is 12.4. The molecule has 0 radical (unpaired) electrons. The molecule has 0 heterocycles. The van der Waals surface area contributed by atoms with Gasteiger partial charge in [0.2, 0.25) is 0 Å². The first-order valence-corrected chi connectivity index (χ1v) is 6.65. The van der Waals surface area contributed by atoms with Crippen molar-refractivity contribution in [3.05, 3.63) is 71.0 Å². The number of rotatable bonds is 5. The average Bonchev–Trinajstić information content (AvgIpc) is 2.43. The van der Waals surface area contributed by atoms with Crippen LogP contribution in [0.4, 0.5) is 4.39 Å². The Balaban J connectivity index is 1.87. The van der Waals surface area contributed by atoms with Gasteiger partial charge in [-0.1, -0.05) is 42.5 Å². The summed E-state index contributed by atoms with van der Waals surface area (Å²) in [4.78, 5) is 0. The lowest BCUT2D eigenvalue weighted by Gasteiger charge is -2.12. The van der Waals surface area contributed by atoms with E-state index in [1.807, 2.05) is 18.2 Å². The summed E-state index contributed by atoms with van der Waals surface area (Å²) in [6, 6.07) is 15.0. The van der Waals surface area contributed by atoms with Crippen molar-refractivity contribution in [3.8, 4) is 0 Å². The van der Waals surface area contributed by atoms with Crippen molar-refractivity contribution in [3.63, 3.8) is 0 Å². The van der Waals surface area contributed by atoms with Gasteiger partial charge in [-0.3, -0.25) is 0 Å². The fourth-order valence-electron chi connectivity index (χ4n) is 2.19. The molecular weight excluding hydrogens is 239 g/mol. The number of aliphatic hydroxyl groups excluding tert-OH is 1. The lowest BCUT2D eigenvalue weighted by molar-refractivity contribution is 0.164. The lowest BCUT2D eigenvalue weighted by Crippen LogP contribution is -1.99. The zero-order valence-electron chi connectivity index (χ0n) is 11.1. The van der Waals surface area contributed by atoms with Crippen molar-refractivity contribution in [2.45, 2.75) is 32.3 Å². The summed E-state index contributed by atoms with van der Waals surface area (Å²) in [6.07, 6.45) is 2.06. The van der Waals surface area contributed by atoms with Crippen molar-refractivity contribution in [1.29, 1.82) is 0 Å². The molecule has 2 aromatic rings. The molecule has 2 heteroatoms. The Bertz CT molecular complexity index is 522. The van der Waals surface area contributed by atoms with Crippen LogP contribution in [0, 0.1) is 12.7 Å². The quantitative estimate of drug-likeness (QED) is 0.852. The zero-order chi connectivity index (χ0) is 13.7. The molecule has 2 rings (SSSR count). The molecule has 0 spiro atoms. The van der Waals surface area contributed by atoms with Gasteiger partial charge in [0.25, 0.3) is 0 Å². The molecule has 1 unspecified atom stereocenters. The van der Waals surface area contributed by atoms with Crippen LogP contribution in [0.25, 0.3) is 0 Å². The maximum Gasteiger partial charge on any atom is 0.126 e. The number of benzene rings is 2. The Kier molecular flexibility index (Phi) is 4.69. The average molecular weight is 258 g/mol. The maximum atomic E-state index is 13.2. The molecule has 0 aliphatic heterocycles. The highest BCUT2D eigenvalue weighted by Crippen LogP contribution is 2.21. The van der Waals surface area contributed by atoms with Gasteiger partial charge in [0, 0.05) is 0 Å². The van der Waals surface area contributed by atoms with Crippen molar-refractivity contribution >= 4 is 0 Å². The third-order valence-corrected chi connectivity index (χ3v) is 3.35. The van der Waals surface area contributed by atoms with Gasteiger partial charge in [-0.05, 0) is 48.9 Å². The minimum absolute atomic E-state index is 0.222. The van der Waals surface area contributed by atoms with Gasteiger partial charge in [0.05, 0.1) is 6.10 Å². The van der Waals surface area contributed by atoms with Gasteiger partial charge in [-0.2, -0.15) is 0 Å². The molecule has 0 aliphatic carbocycles. The van der Waals surface area contributed by atoms with Crippen LogP contribution in [0.1, 0.15) is 35.6 Å². The summed E-state index contributed by atoms with van der Waals surface area (Å²) in [7, 11) is 0. The van der Waals surface area contributed by atoms with E-state index in [1.54, 1.807) is 19.1 Å². The zero-order valence-corrected chi connectivity index (χ0v) is 11.1. The van der Waals surface area contributed by atoms with Crippen LogP contribution in [0.15, 0.2) is 48.5 Å². The molecule has 1 atom stereocenters. The maximum absolute atomic E-state index is 13.2. The fourth-order valence-corrected chi connectivity index (χ4v) is 2.19. The smallest absolute Gasteiger partial charge is 0.126 e. The van der Waals surface area contributed by atoms with E-state index in [0.717, 1.165) is 18.4 Å². The van der Waals surface area contributed by atoms with Crippen molar-refractivity contribution in [2.75, 3.05) is 0 Å². The predicted octanol–water partition coefficient (Wildman–Crippen LogP) is 4.19. The molecule has 0 aromatic heterocycles. The second-order valence-electron chi connectivity index (χ2n) is 4.90. The van der Waals surface area contributed by atoms with Crippen molar-refractivity contribution in [2.24, 2.45) is 0 Å². The molecule has 0 fully saturated rings. The summed E-state index contributed by atoms with van der Waals surface area (Å²) >= 11 is 0. The molecule has 0 saturated carbocycles. The first kappa shape index (κ1) is 13.8. The highest BCUT2D eigenvalue weighted by molar-refractivity contribution is 5.25. The molecule has 0 aliphatic rings. The first-order valence-electron chi connectivity index (χ1n) is 6.65. The van der Waals surface area contributed by atoms with Gasteiger partial charge in [0.1, 0.15) is 5.82 Å². The summed E-state index contributed by atoms with van der Waals surface area (Å²) in [5.74, 6) is -0.222. The van der Waals surface area contributed by atoms with Gasteiger partial charge in [-0.25, -0.2) is 4.39 Å². The van der Waals surface area contributed by atoms with Gasteiger partial charge in [-0.15, -0.1) is 0 Å². The molecule has 0 saturated heterocycles. The highest BCUT2D eigenvalue weighted by Gasteiger charge is 2.09. The van der Waals surface area contributed by atoms with E-state index in [1.165, 1.54) is 11.6 Å². The first-order chi connectivity index (χ1) is 9.16. The van der Waals surface area contributed by atoms with Crippen molar-refractivity contribution in [1.82, 2.24) is 0 Å². The van der Waals surface area contributed by atoms with E-state index >= 15 is 0 Å². The number of aliphatic hydroxyl groups is 1. The van der Waals surface area contributed by atoms with Crippen LogP contribution in [0.5, 0.6) is 0 Å². The van der Waals surface area contributed by atoms with Crippen molar-refractivity contribution < 1.29 is 9.50 Å². The van der Waals surface area contributed by atoms with E-state index in [-0.39, 0.29) is 5.82 Å². The van der Waals surface area contributed by atoms with E-state index in [2.05, 4.69) is 12.1 Å².